The van der Waals surface area contributed by atoms with Crippen molar-refractivity contribution in [2.45, 2.75) is 12.8 Å². The van der Waals surface area contributed by atoms with Gasteiger partial charge in [0, 0.05) is 63.1 Å². The second-order valence-electron chi connectivity index (χ2n) is 10.9. The topological polar surface area (TPSA) is 142 Å². The van der Waals surface area contributed by atoms with Crippen molar-refractivity contribution in [1.82, 2.24) is 30.1 Å². The molecular weight excluding hydrogens is 552 g/mol. The van der Waals surface area contributed by atoms with Crippen LogP contribution in [0.25, 0.3) is 32.5 Å². The number of nitrogens with zero attached hydrogens (tertiary/aromatic N) is 8. The third-order valence-electron chi connectivity index (χ3n) is 8.11. The summed E-state index contributed by atoms with van der Waals surface area (Å²) in [6, 6.07) is 8.29. The highest BCUT2D eigenvalue weighted by Gasteiger charge is 2.25. The fraction of sp³-hybridized carbons (Fsp3) is 0.379. The smallest absolute Gasteiger partial charge is 0.251 e. The molecule has 0 bridgehead atoms. The number of piperidine rings is 1. The number of nitrogens with one attached hydrogen (secondary N) is 1. The average molecular weight is 585 g/mol. The zero-order valence-electron chi connectivity index (χ0n) is 23.4. The number of nitrogens with two attached hydrogens (primary N) is 1. The van der Waals surface area contributed by atoms with Crippen molar-refractivity contribution in [2.75, 3.05) is 67.7 Å². The highest BCUT2D eigenvalue weighted by Crippen LogP contribution is 2.39. The largest absolute Gasteiger partial charge is 0.378 e. The van der Waals surface area contributed by atoms with E-state index in [4.69, 9.17) is 20.4 Å². The molecule has 6 heterocycles. The highest BCUT2D eigenvalue weighted by atomic mass is 32.1. The van der Waals surface area contributed by atoms with Gasteiger partial charge in [-0.1, -0.05) is 12.1 Å². The fourth-order valence-corrected chi connectivity index (χ4v) is 6.85. The SMILES string of the molecule is CN(CC1CCN(c2ncc(C(N)=O)cn2)CC1)c1cc2nc(-c3cccc4[nH]ncc34)nc(N3CCOCC3)c2s1. The predicted octanol–water partition coefficient (Wildman–Crippen LogP) is 3.31. The molecule has 1 aromatic carbocycles. The van der Waals surface area contributed by atoms with E-state index in [-0.39, 0.29) is 0 Å². The molecule has 0 aliphatic carbocycles. The van der Waals surface area contributed by atoms with Crippen LogP contribution in [-0.2, 0) is 4.74 Å². The number of hydrogen-bond acceptors (Lipinski definition) is 11. The lowest BCUT2D eigenvalue weighted by atomic mass is 9.96. The van der Waals surface area contributed by atoms with Gasteiger partial charge in [0.1, 0.15) is 0 Å². The summed E-state index contributed by atoms with van der Waals surface area (Å²) in [6.45, 7) is 5.68. The van der Waals surface area contributed by atoms with Gasteiger partial charge in [-0.3, -0.25) is 9.89 Å². The van der Waals surface area contributed by atoms with E-state index in [2.05, 4.69) is 54.0 Å². The van der Waals surface area contributed by atoms with Gasteiger partial charge in [0.25, 0.3) is 5.91 Å². The molecule has 2 aliphatic rings. The summed E-state index contributed by atoms with van der Waals surface area (Å²) in [4.78, 5) is 37.1. The zero-order valence-corrected chi connectivity index (χ0v) is 24.2. The number of amides is 1. The van der Waals surface area contributed by atoms with E-state index in [1.54, 1.807) is 11.3 Å². The first-order chi connectivity index (χ1) is 20.5. The number of carbonyl (C=O) groups excluding carboxylic acids is 1. The Labute approximate surface area is 246 Å². The third-order valence-corrected chi connectivity index (χ3v) is 9.34. The number of rotatable bonds is 7. The van der Waals surface area contributed by atoms with Gasteiger partial charge in [0.15, 0.2) is 11.6 Å². The number of aromatic nitrogens is 6. The van der Waals surface area contributed by atoms with Crippen LogP contribution in [0.2, 0.25) is 0 Å². The molecule has 2 fully saturated rings. The molecule has 0 atom stereocenters. The van der Waals surface area contributed by atoms with Crippen LogP contribution >= 0.6 is 11.3 Å². The number of aromatic amines is 1. The number of carbonyl (C=O) groups is 1. The van der Waals surface area contributed by atoms with Crippen LogP contribution in [0.4, 0.5) is 16.8 Å². The molecule has 0 saturated carbocycles. The number of fused-ring (bicyclic) bond motifs is 2. The minimum absolute atomic E-state index is 0.325. The Morgan fingerprint density at radius 2 is 1.88 bits per heavy atom. The monoisotopic (exact) mass is 584 g/mol. The molecule has 1 amide bonds. The maximum absolute atomic E-state index is 11.3. The van der Waals surface area contributed by atoms with E-state index in [1.807, 2.05) is 18.3 Å². The minimum Gasteiger partial charge on any atom is -0.378 e. The normalized spacial score (nSPS) is 16.4. The second kappa shape index (κ2) is 11.1. The number of H-pyrrole nitrogens is 1. The summed E-state index contributed by atoms with van der Waals surface area (Å²) < 4.78 is 6.75. The number of primary amides is 1. The Bertz CT molecular complexity index is 1720. The van der Waals surface area contributed by atoms with Gasteiger partial charge in [-0.05, 0) is 30.9 Å². The lowest BCUT2D eigenvalue weighted by molar-refractivity contribution is 0.0999. The summed E-state index contributed by atoms with van der Waals surface area (Å²) in [5, 5.41) is 9.49. The molecular formula is C29H32N10O2S. The van der Waals surface area contributed by atoms with Crippen LogP contribution in [0.3, 0.4) is 0 Å². The fourth-order valence-electron chi connectivity index (χ4n) is 5.77. The van der Waals surface area contributed by atoms with Crippen LogP contribution in [-0.4, -0.2) is 89.0 Å². The van der Waals surface area contributed by atoms with Gasteiger partial charge in [-0.15, -0.1) is 11.3 Å². The minimum atomic E-state index is -0.515. The molecule has 2 saturated heterocycles. The Kier molecular flexibility index (Phi) is 7.04. The van der Waals surface area contributed by atoms with E-state index in [1.165, 1.54) is 17.4 Å². The standard InChI is InChI=1S/C29H32N10O2S/c1-37(17-18-5-7-39(8-6-18)29-31-14-19(15-32-29)26(30)40)24-13-23-25(42-24)28(38-9-11-41-12-10-38)35-27(34-23)20-3-2-4-22-21(20)16-33-36-22/h2-4,13-16,18H,5-12,17H2,1H3,(H2,30,40)(H,33,36). The number of thiophene rings is 1. The molecule has 5 aromatic rings. The average Bonchev–Trinajstić information content (AvgIpc) is 3.69. The Morgan fingerprint density at radius 3 is 2.64 bits per heavy atom. The molecule has 7 rings (SSSR count). The van der Waals surface area contributed by atoms with Crippen molar-refractivity contribution in [3.8, 4) is 11.4 Å². The first-order valence-electron chi connectivity index (χ1n) is 14.2. The molecule has 12 nitrogen and oxygen atoms in total. The van der Waals surface area contributed by atoms with Crippen molar-refractivity contribution in [3.05, 3.63) is 48.4 Å². The predicted molar refractivity (Wildman–Crippen MR) is 164 cm³/mol. The Morgan fingerprint density at radius 1 is 1.10 bits per heavy atom. The highest BCUT2D eigenvalue weighted by molar-refractivity contribution is 7.23. The van der Waals surface area contributed by atoms with E-state index >= 15 is 0 Å². The van der Waals surface area contributed by atoms with Crippen molar-refractivity contribution in [3.63, 3.8) is 0 Å². The van der Waals surface area contributed by atoms with Crippen LogP contribution in [0.5, 0.6) is 0 Å². The molecule has 3 N–H and O–H groups in total. The summed E-state index contributed by atoms with van der Waals surface area (Å²) >= 11 is 1.76. The first kappa shape index (κ1) is 26.5. The molecule has 4 aromatic heterocycles. The summed E-state index contributed by atoms with van der Waals surface area (Å²) in [5.74, 6) is 2.35. The van der Waals surface area contributed by atoms with Crippen molar-refractivity contribution in [1.29, 1.82) is 0 Å². The summed E-state index contributed by atoms with van der Waals surface area (Å²) in [5.41, 5.74) is 8.54. The first-order valence-corrected chi connectivity index (χ1v) is 15.0. The van der Waals surface area contributed by atoms with E-state index in [0.717, 1.165) is 78.1 Å². The molecule has 216 valence electrons. The molecule has 2 aliphatic heterocycles. The number of morpholine rings is 1. The Hall–Kier alpha value is -4.36. The second-order valence-corrected chi connectivity index (χ2v) is 11.9. The maximum Gasteiger partial charge on any atom is 0.251 e. The molecule has 13 heteroatoms. The molecule has 0 unspecified atom stereocenters. The molecule has 0 radical (unpaired) electrons. The van der Waals surface area contributed by atoms with Crippen molar-refractivity contribution in [2.24, 2.45) is 11.7 Å². The number of ether oxygens (including phenoxy) is 1. The van der Waals surface area contributed by atoms with Crippen LogP contribution < -0.4 is 20.4 Å². The quantitative estimate of drug-likeness (QED) is 0.293. The number of hydrogen-bond donors (Lipinski definition) is 2. The molecule has 42 heavy (non-hydrogen) atoms. The summed E-state index contributed by atoms with van der Waals surface area (Å²) in [7, 11) is 2.16. The Balaban J connectivity index is 1.12. The van der Waals surface area contributed by atoms with Gasteiger partial charge >= 0.3 is 0 Å². The van der Waals surface area contributed by atoms with Crippen LogP contribution in [0, 0.1) is 5.92 Å². The third kappa shape index (κ3) is 5.09. The van der Waals surface area contributed by atoms with Crippen molar-refractivity contribution >= 4 is 55.1 Å². The lowest BCUT2D eigenvalue weighted by Gasteiger charge is -2.34. The lowest BCUT2D eigenvalue weighted by Crippen LogP contribution is -2.38. The van der Waals surface area contributed by atoms with Crippen LogP contribution in [0.15, 0.2) is 42.9 Å². The van der Waals surface area contributed by atoms with Gasteiger partial charge < -0.3 is 25.2 Å². The van der Waals surface area contributed by atoms with Crippen LogP contribution in [0.1, 0.15) is 23.2 Å². The summed E-state index contributed by atoms with van der Waals surface area (Å²) in [6.07, 6.45) is 6.91. The van der Waals surface area contributed by atoms with Gasteiger partial charge in [-0.2, -0.15) is 5.10 Å². The number of anilines is 3. The van der Waals surface area contributed by atoms with Gasteiger partial charge in [0.2, 0.25) is 5.95 Å². The van der Waals surface area contributed by atoms with E-state index < -0.39 is 5.91 Å². The van der Waals surface area contributed by atoms with E-state index in [0.29, 0.717) is 36.5 Å². The van der Waals surface area contributed by atoms with Gasteiger partial charge in [-0.25, -0.2) is 19.9 Å². The number of benzene rings is 1. The van der Waals surface area contributed by atoms with Crippen molar-refractivity contribution < 1.29 is 9.53 Å². The van der Waals surface area contributed by atoms with Gasteiger partial charge in [0.05, 0.1) is 45.7 Å². The maximum atomic E-state index is 11.3. The van der Waals surface area contributed by atoms with E-state index in [9.17, 15) is 4.79 Å². The zero-order chi connectivity index (χ0) is 28.6. The molecule has 0 spiro atoms.